The summed E-state index contributed by atoms with van der Waals surface area (Å²) in [6.45, 7) is 3.83. The molecule has 8 heteroatoms. The van der Waals surface area contributed by atoms with E-state index in [1.165, 1.54) is 75.8 Å². The highest BCUT2D eigenvalue weighted by molar-refractivity contribution is 7.87. The highest BCUT2D eigenvalue weighted by Crippen LogP contribution is 2.60. The van der Waals surface area contributed by atoms with Crippen molar-refractivity contribution in [2.75, 3.05) is 0 Å². The Labute approximate surface area is 287 Å². The van der Waals surface area contributed by atoms with Crippen LogP contribution in [-0.2, 0) is 33.1 Å². The van der Waals surface area contributed by atoms with Gasteiger partial charge in [0.2, 0.25) is 0 Å². The molecule has 7 aliphatic carbocycles. The van der Waals surface area contributed by atoms with Crippen LogP contribution in [0.15, 0.2) is 28.0 Å². The highest BCUT2D eigenvalue weighted by Gasteiger charge is 2.48. The fraction of sp³-hybridized carbons (Fsp3) is 0.700. The third-order valence-corrected chi connectivity index (χ3v) is 16.8. The van der Waals surface area contributed by atoms with Crippen LogP contribution in [0.4, 0.5) is 0 Å². The van der Waals surface area contributed by atoms with Gasteiger partial charge in [0.25, 0.3) is 0 Å². The monoisotopic (exact) mass is 691 g/mol. The summed E-state index contributed by atoms with van der Waals surface area (Å²) >= 11 is 0. The molecule has 0 N–H and O–H groups in total. The molecule has 0 aromatic heterocycles. The second-order valence-electron chi connectivity index (χ2n) is 17.5. The number of hydrogen-bond acceptors (Lipinski definition) is 6. The lowest BCUT2D eigenvalue weighted by Crippen LogP contribution is -2.24. The molecule has 260 valence electrons. The minimum atomic E-state index is -4.73. The number of hydrogen-bond donors (Lipinski definition) is 0. The van der Waals surface area contributed by atoms with E-state index in [1.54, 1.807) is 0 Å². The molecule has 2 aromatic carbocycles. The van der Waals surface area contributed by atoms with E-state index < -0.39 is 20.2 Å². The maximum atomic E-state index is 15.3. The zero-order valence-corrected chi connectivity index (χ0v) is 30.2. The van der Waals surface area contributed by atoms with E-state index >= 15 is 8.42 Å². The SMILES string of the molecule is CC(C)c1cc(S(=O)(=O)[O-])c2c(c1OS(=O)(=O)c1c(C3CC4CCC3C4)cc(C3CC4CCC3C4)cc1C1CC3CCC1C3)CCCC2. The predicted molar refractivity (Wildman–Crippen MR) is 184 cm³/mol. The van der Waals surface area contributed by atoms with Gasteiger partial charge in [0.15, 0.2) is 0 Å². The molecule has 0 amide bonds. The van der Waals surface area contributed by atoms with E-state index in [9.17, 15) is 13.0 Å². The molecular weight excluding hydrogens is 641 g/mol. The average molecular weight is 692 g/mol. The van der Waals surface area contributed by atoms with E-state index in [-0.39, 0.29) is 28.4 Å². The molecule has 0 spiro atoms. The van der Waals surface area contributed by atoms with Gasteiger partial charge < -0.3 is 8.74 Å². The van der Waals surface area contributed by atoms with Crippen molar-refractivity contribution in [3.8, 4) is 5.75 Å². The summed E-state index contributed by atoms with van der Waals surface area (Å²) in [6, 6.07) is 6.11. The van der Waals surface area contributed by atoms with Crippen molar-refractivity contribution in [3.05, 3.63) is 51.6 Å². The van der Waals surface area contributed by atoms with Crippen molar-refractivity contribution >= 4 is 20.2 Å². The van der Waals surface area contributed by atoms with Crippen LogP contribution in [0.3, 0.4) is 0 Å². The van der Waals surface area contributed by atoms with Crippen LogP contribution in [0.2, 0.25) is 0 Å². The first-order valence-electron chi connectivity index (χ1n) is 19.2. The Morgan fingerprint density at radius 2 is 1.17 bits per heavy atom. The first-order valence-corrected chi connectivity index (χ1v) is 22.0. The molecule has 48 heavy (non-hydrogen) atoms. The van der Waals surface area contributed by atoms with Gasteiger partial charge in [-0.1, -0.05) is 45.2 Å². The summed E-state index contributed by atoms with van der Waals surface area (Å²) in [5.41, 5.74) is 5.00. The molecule has 0 heterocycles. The average Bonchev–Trinajstić information content (AvgIpc) is 3.92. The zero-order valence-electron chi connectivity index (χ0n) is 28.6. The Kier molecular flexibility index (Phi) is 7.72. The lowest BCUT2D eigenvalue weighted by Gasteiger charge is -2.33. The molecule has 2 aromatic rings. The van der Waals surface area contributed by atoms with E-state index in [4.69, 9.17) is 4.18 Å². The molecule has 9 unspecified atom stereocenters. The maximum Gasteiger partial charge on any atom is 0.339 e. The fourth-order valence-electron chi connectivity index (χ4n) is 12.5. The highest BCUT2D eigenvalue weighted by atomic mass is 32.2. The van der Waals surface area contributed by atoms with Gasteiger partial charge in [-0.05, 0) is 171 Å². The van der Waals surface area contributed by atoms with Gasteiger partial charge in [-0.25, -0.2) is 8.42 Å². The number of fused-ring (bicyclic) bond motifs is 7. The first kappa shape index (κ1) is 32.0. The van der Waals surface area contributed by atoms with Crippen LogP contribution >= 0.6 is 0 Å². The Morgan fingerprint density at radius 3 is 1.60 bits per heavy atom. The minimum absolute atomic E-state index is 0.203. The Balaban J connectivity index is 1.24. The zero-order chi connectivity index (χ0) is 33.1. The van der Waals surface area contributed by atoms with Crippen LogP contribution < -0.4 is 4.18 Å². The summed E-state index contributed by atoms with van der Waals surface area (Å²) in [7, 11) is -9.03. The molecule has 6 fully saturated rings. The maximum absolute atomic E-state index is 15.3. The van der Waals surface area contributed by atoms with Gasteiger partial charge >= 0.3 is 10.1 Å². The molecule has 0 saturated heterocycles. The second-order valence-corrected chi connectivity index (χ2v) is 20.3. The van der Waals surface area contributed by atoms with Crippen molar-refractivity contribution in [2.24, 2.45) is 35.5 Å². The topological polar surface area (TPSA) is 101 Å². The Hall–Kier alpha value is -1.90. The standard InChI is InChI=1S/C40H52O6S2/c1-22(2)32-21-38(47(41,42)43)30-5-3-4-6-31(30)39(32)46-48(44,45)40-36(34-17-24-8-11-27(34)14-24)19-29(33-16-23-7-10-26(33)13-23)20-37(40)35-18-25-9-12-28(35)15-25/h19-28,33-35H,3-18H2,1-2H3,(H,41,42,43)/p-1. The number of rotatable bonds is 8. The van der Waals surface area contributed by atoms with Gasteiger partial charge in [-0.3, -0.25) is 0 Å². The second kappa shape index (κ2) is 11.6. The van der Waals surface area contributed by atoms with E-state index in [0.717, 1.165) is 42.7 Å². The largest absolute Gasteiger partial charge is 0.744 e. The predicted octanol–water partition coefficient (Wildman–Crippen LogP) is 9.07. The van der Waals surface area contributed by atoms with Crippen molar-refractivity contribution < 1.29 is 25.6 Å². The number of benzene rings is 2. The smallest absolute Gasteiger partial charge is 0.339 e. The molecule has 0 aliphatic heterocycles. The first-order chi connectivity index (χ1) is 22.9. The quantitative estimate of drug-likeness (QED) is 0.202. The Bertz CT molecular complexity index is 1810. The van der Waals surface area contributed by atoms with Crippen molar-refractivity contribution in [1.82, 2.24) is 0 Å². The van der Waals surface area contributed by atoms with Crippen LogP contribution in [0, 0.1) is 35.5 Å². The van der Waals surface area contributed by atoms with Gasteiger partial charge in [0.05, 0.1) is 4.90 Å². The normalized spacial score (nSPS) is 35.2. The minimum Gasteiger partial charge on any atom is -0.744 e. The van der Waals surface area contributed by atoms with Crippen LogP contribution in [-0.4, -0.2) is 21.4 Å². The summed E-state index contributed by atoms with van der Waals surface area (Å²) < 4.78 is 74.5. The van der Waals surface area contributed by atoms with Crippen LogP contribution in [0.1, 0.15) is 161 Å². The van der Waals surface area contributed by atoms with Gasteiger partial charge in [0, 0.05) is 11.1 Å². The van der Waals surface area contributed by atoms with Crippen molar-refractivity contribution in [3.63, 3.8) is 0 Å². The van der Waals surface area contributed by atoms with Crippen LogP contribution in [0.25, 0.3) is 0 Å². The lowest BCUT2D eigenvalue weighted by molar-refractivity contribution is 0.392. The summed E-state index contributed by atoms with van der Waals surface area (Å²) in [6.07, 6.45) is 17.1. The van der Waals surface area contributed by atoms with Crippen molar-refractivity contribution in [2.45, 2.75) is 150 Å². The van der Waals surface area contributed by atoms with Gasteiger partial charge in [-0.15, -0.1) is 0 Å². The molecule has 6 saturated carbocycles. The van der Waals surface area contributed by atoms with Gasteiger partial charge in [-0.2, -0.15) is 8.42 Å². The fourth-order valence-corrected chi connectivity index (χ4v) is 14.7. The summed E-state index contributed by atoms with van der Waals surface area (Å²) in [5.74, 6) is 4.97. The third kappa shape index (κ3) is 5.23. The molecular formula is C40H51O6S2-. The van der Waals surface area contributed by atoms with Crippen molar-refractivity contribution in [1.29, 1.82) is 0 Å². The van der Waals surface area contributed by atoms with E-state index in [0.29, 0.717) is 69.9 Å². The third-order valence-electron chi connectivity index (χ3n) is 14.5. The molecule has 6 bridgehead atoms. The Morgan fingerprint density at radius 1 is 0.667 bits per heavy atom. The molecule has 6 nitrogen and oxygen atoms in total. The van der Waals surface area contributed by atoms with E-state index in [1.807, 2.05) is 13.8 Å². The van der Waals surface area contributed by atoms with E-state index in [2.05, 4.69) is 12.1 Å². The summed E-state index contributed by atoms with van der Waals surface area (Å²) in [4.78, 5) is 0.246. The summed E-state index contributed by atoms with van der Waals surface area (Å²) in [5, 5.41) is 0. The molecule has 9 atom stereocenters. The van der Waals surface area contributed by atoms with Crippen LogP contribution in [0.5, 0.6) is 5.75 Å². The molecule has 9 rings (SSSR count). The lowest BCUT2D eigenvalue weighted by atomic mass is 9.75. The molecule has 7 aliphatic rings. The van der Waals surface area contributed by atoms with Gasteiger partial charge in [0.1, 0.15) is 20.8 Å². The molecule has 0 radical (unpaired) electrons.